The van der Waals surface area contributed by atoms with Gasteiger partial charge in [0.2, 0.25) is 0 Å². The van der Waals surface area contributed by atoms with Gasteiger partial charge in [-0.25, -0.2) is 4.99 Å². The molecule has 2 heterocycles. The predicted octanol–water partition coefficient (Wildman–Crippen LogP) is 0.887. The summed E-state index contributed by atoms with van der Waals surface area (Å²) in [5.41, 5.74) is 0.462. The van der Waals surface area contributed by atoms with Crippen LogP contribution in [0.1, 0.15) is 0 Å². The quantitative estimate of drug-likeness (QED) is 0.569. The maximum Gasteiger partial charge on any atom is 0.261 e. The van der Waals surface area contributed by atoms with Crippen molar-refractivity contribution in [3.63, 3.8) is 0 Å². The van der Waals surface area contributed by atoms with Crippen LogP contribution in [0.2, 0.25) is 0 Å². The van der Waals surface area contributed by atoms with Crippen LogP contribution in [0.5, 0.6) is 0 Å². The Morgan fingerprint density at radius 3 is 3.00 bits per heavy atom. The third kappa shape index (κ3) is 0.911. The molecule has 0 aromatic heterocycles. The van der Waals surface area contributed by atoms with Crippen molar-refractivity contribution in [2.24, 2.45) is 15.2 Å². The number of amides is 1. The number of carbonyl (C=O) groups excluding carboxylic acids is 1. The number of fused-ring (bicyclic) bond motifs is 1. The van der Waals surface area contributed by atoms with Crippen molar-refractivity contribution in [2.45, 2.75) is 0 Å². The molecule has 0 bridgehead atoms. The number of hydrogen-bond acceptors (Lipinski definition) is 4. The summed E-state index contributed by atoms with van der Waals surface area (Å²) in [5, 5.41) is 7.44. The van der Waals surface area contributed by atoms with Crippen LogP contribution in [0.15, 0.2) is 25.4 Å². The normalized spacial score (nSPS) is 21.7. The summed E-state index contributed by atoms with van der Waals surface area (Å²) in [6.45, 7) is 0.358. The number of azo groups is 1. The Morgan fingerprint density at radius 1 is 1.50 bits per heavy atom. The van der Waals surface area contributed by atoms with Crippen LogP contribution in [0.25, 0.3) is 0 Å². The van der Waals surface area contributed by atoms with Gasteiger partial charge in [-0.05, 0) is 15.9 Å². The molecular formula is C6H5BrN4O. The Morgan fingerprint density at radius 2 is 2.25 bits per heavy atom. The highest BCUT2D eigenvalue weighted by Crippen LogP contribution is 2.26. The molecular weight excluding hydrogens is 224 g/mol. The first-order valence-corrected chi connectivity index (χ1v) is 4.11. The first kappa shape index (κ1) is 7.60. The van der Waals surface area contributed by atoms with E-state index in [1.807, 2.05) is 0 Å². The average molecular weight is 229 g/mol. The highest BCUT2D eigenvalue weighted by atomic mass is 79.9. The number of likely N-dealkylation sites (N-methyl/N-ethyl adjacent to an activating group) is 1. The molecule has 1 amide bonds. The van der Waals surface area contributed by atoms with E-state index in [4.69, 9.17) is 0 Å². The van der Waals surface area contributed by atoms with Crippen LogP contribution >= 0.6 is 15.9 Å². The Balaban J connectivity index is 2.52. The molecule has 0 spiro atoms. The first-order chi connectivity index (χ1) is 5.70. The lowest BCUT2D eigenvalue weighted by Gasteiger charge is -2.19. The number of aliphatic imine (C=N–C) groups is 1. The van der Waals surface area contributed by atoms with E-state index in [0.717, 1.165) is 0 Å². The van der Waals surface area contributed by atoms with Gasteiger partial charge >= 0.3 is 0 Å². The van der Waals surface area contributed by atoms with Crippen LogP contribution in [-0.2, 0) is 4.79 Å². The molecule has 5 nitrogen and oxygen atoms in total. The fraction of sp³-hybridized carbons (Fsp3) is 0.333. The third-order valence-electron chi connectivity index (χ3n) is 1.66. The largest absolute Gasteiger partial charge is 0.322 e. The molecule has 0 N–H and O–H groups in total. The van der Waals surface area contributed by atoms with E-state index in [1.54, 1.807) is 7.05 Å². The maximum absolute atomic E-state index is 11.5. The minimum atomic E-state index is -0.0862. The molecule has 0 saturated heterocycles. The summed E-state index contributed by atoms with van der Waals surface area (Å²) in [6.07, 6.45) is 0. The Kier molecular flexibility index (Phi) is 1.57. The standard InChI is InChI=1S/C6H5BrN4O/c1-11-2-8-5-3(6(11)12)4(7)9-10-5/h2H2,1H3. The summed E-state index contributed by atoms with van der Waals surface area (Å²) in [5.74, 6) is 0.349. The minimum Gasteiger partial charge on any atom is -0.322 e. The van der Waals surface area contributed by atoms with Gasteiger partial charge in [0.25, 0.3) is 5.91 Å². The zero-order valence-electron chi connectivity index (χ0n) is 6.28. The van der Waals surface area contributed by atoms with E-state index < -0.39 is 0 Å². The molecule has 0 unspecified atom stereocenters. The number of halogens is 1. The fourth-order valence-electron chi connectivity index (χ4n) is 1.01. The van der Waals surface area contributed by atoms with Crippen molar-refractivity contribution < 1.29 is 4.79 Å². The second-order valence-electron chi connectivity index (χ2n) is 2.49. The summed E-state index contributed by atoms with van der Waals surface area (Å²) in [6, 6.07) is 0. The van der Waals surface area contributed by atoms with Crippen LogP contribution < -0.4 is 0 Å². The lowest BCUT2D eigenvalue weighted by atomic mass is 10.2. The summed E-state index contributed by atoms with van der Waals surface area (Å²) in [4.78, 5) is 17.0. The van der Waals surface area contributed by atoms with Crippen LogP contribution in [-0.4, -0.2) is 30.4 Å². The molecule has 0 aromatic carbocycles. The van der Waals surface area contributed by atoms with Gasteiger partial charge in [0.15, 0.2) is 5.84 Å². The number of rotatable bonds is 0. The minimum absolute atomic E-state index is 0.0862. The van der Waals surface area contributed by atoms with Gasteiger partial charge in [0, 0.05) is 7.05 Å². The van der Waals surface area contributed by atoms with Crippen molar-refractivity contribution in [1.29, 1.82) is 0 Å². The van der Waals surface area contributed by atoms with Crippen molar-refractivity contribution in [3.05, 3.63) is 10.2 Å². The van der Waals surface area contributed by atoms with Gasteiger partial charge in [-0.1, -0.05) is 0 Å². The van der Waals surface area contributed by atoms with Crippen molar-refractivity contribution >= 4 is 27.7 Å². The maximum atomic E-state index is 11.5. The number of nitrogens with zero attached hydrogens (tertiary/aromatic N) is 4. The van der Waals surface area contributed by atoms with E-state index in [-0.39, 0.29) is 5.91 Å². The van der Waals surface area contributed by atoms with Crippen LogP contribution in [0.3, 0.4) is 0 Å². The van der Waals surface area contributed by atoms with Crippen LogP contribution in [0.4, 0.5) is 0 Å². The lowest BCUT2D eigenvalue weighted by Crippen LogP contribution is -2.34. The predicted molar refractivity (Wildman–Crippen MR) is 45.9 cm³/mol. The SMILES string of the molecule is CN1CN=C2N=NC(Br)=C2C1=O. The number of amidine groups is 1. The van der Waals surface area contributed by atoms with Crippen molar-refractivity contribution in [3.8, 4) is 0 Å². The summed E-state index contributed by atoms with van der Waals surface area (Å²) < 4.78 is 0.470. The van der Waals surface area contributed by atoms with E-state index in [1.165, 1.54) is 4.90 Å². The van der Waals surface area contributed by atoms with Gasteiger partial charge in [-0.15, -0.1) is 10.2 Å². The monoisotopic (exact) mass is 228 g/mol. The molecule has 2 aliphatic rings. The van der Waals surface area contributed by atoms with E-state index in [0.29, 0.717) is 22.7 Å². The van der Waals surface area contributed by atoms with Crippen molar-refractivity contribution in [2.75, 3.05) is 13.7 Å². The molecule has 6 heteroatoms. The smallest absolute Gasteiger partial charge is 0.261 e. The first-order valence-electron chi connectivity index (χ1n) is 3.32. The van der Waals surface area contributed by atoms with E-state index in [2.05, 4.69) is 31.2 Å². The molecule has 62 valence electrons. The Labute approximate surface area is 77.0 Å². The van der Waals surface area contributed by atoms with E-state index in [9.17, 15) is 4.79 Å². The highest BCUT2D eigenvalue weighted by molar-refractivity contribution is 9.11. The van der Waals surface area contributed by atoms with Gasteiger partial charge in [-0.2, -0.15) is 0 Å². The molecule has 0 atom stereocenters. The lowest BCUT2D eigenvalue weighted by molar-refractivity contribution is -0.125. The second-order valence-corrected chi connectivity index (χ2v) is 3.24. The fourth-order valence-corrected chi connectivity index (χ4v) is 1.43. The van der Waals surface area contributed by atoms with Gasteiger partial charge in [0.1, 0.15) is 16.8 Å². The Hall–Kier alpha value is -1.04. The summed E-state index contributed by atoms with van der Waals surface area (Å²) >= 11 is 3.14. The molecule has 0 fully saturated rings. The molecule has 0 saturated carbocycles. The highest BCUT2D eigenvalue weighted by Gasteiger charge is 2.30. The number of carbonyl (C=O) groups is 1. The topological polar surface area (TPSA) is 57.4 Å². The molecule has 0 aromatic rings. The van der Waals surface area contributed by atoms with Gasteiger partial charge < -0.3 is 4.90 Å². The zero-order chi connectivity index (χ0) is 8.72. The zero-order valence-corrected chi connectivity index (χ0v) is 7.87. The third-order valence-corrected chi connectivity index (χ3v) is 2.21. The molecule has 2 rings (SSSR count). The molecule has 0 radical (unpaired) electrons. The number of hydrogen-bond donors (Lipinski definition) is 0. The molecule has 12 heavy (non-hydrogen) atoms. The van der Waals surface area contributed by atoms with Gasteiger partial charge in [0.05, 0.1) is 0 Å². The van der Waals surface area contributed by atoms with Crippen LogP contribution in [0, 0.1) is 0 Å². The summed E-state index contributed by atoms with van der Waals surface area (Å²) in [7, 11) is 1.69. The Bertz CT molecular complexity index is 343. The molecule has 0 aliphatic carbocycles. The van der Waals surface area contributed by atoms with E-state index >= 15 is 0 Å². The van der Waals surface area contributed by atoms with Crippen molar-refractivity contribution in [1.82, 2.24) is 4.90 Å². The van der Waals surface area contributed by atoms with Gasteiger partial charge in [-0.3, -0.25) is 4.79 Å². The average Bonchev–Trinajstić information content (AvgIpc) is 2.41. The second kappa shape index (κ2) is 2.48. The molecule has 2 aliphatic heterocycles.